The van der Waals surface area contributed by atoms with Crippen LogP contribution in [0.15, 0.2) is 24.3 Å². The smallest absolute Gasteiger partial charge is 0.236 e. The van der Waals surface area contributed by atoms with Crippen molar-refractivity contribution in [1.82, 2.24) is 20.4 Å². The largest absolute Gasteiger partial charge is 0.358 e. The Balaban J connectivity index is 1.84. The first-order valence-electron chi connectivity index (χ1n) is 10.5. The molecule has 6 heteroatoms. The van der Waals surface area contributed by atoms with Crippen molar-refractivity contribution in [3.8, 4) is 0 Å². The van der Waals surface area contributed by atoms with E-state index in [9.17, 15) is 9.59 Å². The number of nitrogens with one attached hydrogen (secondary N) is 2. The first-order chi connectivity index (χ1) is 13.4. The molecule has 0 bridgehead atoms. The van der Waals surface area contributed by atoms with Gasteiger partial charge in [0.15, 0.2) is 0 Å². The molecular weight excluding hydrogens is 352 g/mol. The minimum Gasteiger partial charge on any atom is -0.358 e. The summed E-state index contributed by atoms with van der Waals surface area (Å²) in [5.41, 5.74) is 2.59. The van der Waals surface area contributed by atoms with E-state index in [1.54, 1.807) is 7.05 Å². The lowest BCUT2D eigenvalue weighted by Gasteiger charge is -2.34. The number of rotatable bonds is 9. The van der Waals surface area contributed by atoms with Crippen LogP contribution in [-0.2, 0) is 16.0 Å². The Labute approximate surface area is 169 Å². The normalized spacial score (nSPS) is 16.2. The van der Waals surface area contributed by atoms with Gasteiger partial charge in [-0.15, -0.1) is 0 Å². The molecular formula is C22H36N4O2. The summed E-state index contributed by atoms with van der Waals surface area (Å²) in [6.45, 7) is 10.1. The predicted octanol–water partition coefficient (Wildman–Crippen LogP) is 1.82. The highest BCUT2D eigenvalue weighted by atomic mass is 16.2. The quantitative estimate of drug-likeness (QED) is 0.677. The van der Waals surface area contributed by atoms with E-state index in [1.807, 2.05) is 4.90 Å². The molecule has 1 fully saturated rings. The highest BCUT2D eigenvalue weighted by Crippen LogP contribution is 2.22. The molecule has 6 nitrogen and oxygen atoms in total. The lowest BCUT2D eigenvalue weighted by atomic mass is 9.94. The van der Waals surface area contributed by atoms with Gasteiger partial charge in [0, 0.05) is 39.3 Å². The number of amides is 2. The molecule has 1 atom stereocenters. The van der Waals surface area contributed by atoms with Gasteiger partial charge in [0.05, 0.1) is 13.1 Å². The van der Waals surface area contributed by atoms with E-state index < -0.39 is 0 Å². The van der Waals surface area contributed by atoms with Crippen molar-refractivity contribution < 1.29 is 9.59 Å². The van der Waals surface area contributed by atoms with Crippen LogP contribution < -0.4 is 10.6 Å². The number of carbonyl (C=O) groups excluding carboxylic acids is 2. The van der Waals surface area contributed by atoms with Gasteiger partial charge in [0.2, 0.25) is 11.8 Å². The summed E-state index contributed by atoms with van der Waals surface area (Å²) < 4.78 is 0. The SMILES string of the molecule is CCCc1ccc([C@@H](NCC(=O)N2CCN(CC(=O)NC)CC2)C(C)C)cc1. The number of piperazine rings is 1. The summed E-state index contributed by atoms with van der Waals surface area (Å²) in [5.74, 6) is 0.549. The van der Waals surface area contributed by atoms with Gasteiger partial charge in [-0.2, -0.15) is 0 Å². The molecule has 1 aromatic rings. The first kappa shape index (κ1) is 22.4. The molecule has 2 amide bonds. The summed E-state index contributed by atoms with van der Waals surface area (Å²) in [5, 5.41) is 6.11. The van der Waals surface area contributed by atoms with E-state index in [0.717, 1.165) is 25.9 Å². The lowest BCUT2D eigenvalue weighted by molar-refractivity contribution is -0.132. The van der Waals surface area contributed by atoms with Gasteiger partial charge in [-0.1, -0.05) is 51.5 Å². The lowest BCUT2D eigenvalue weighted by Crippen LogP contribution is -2.52. The van der Waals surface area contributed by atoms with E-state index in [4.69, 9.17) is 0 Å². The average Bonchev–Trinajstić information content (AvgIpc) is 2.69. The maximum atomic E-state index is 12.6. The molecule has 0 aliphatic carbocycles. The van der Waals surface area contributed by atoms with E-state index in [2.05, 4.69) is 60.6 Å². The second-order valence-corrected chi connectivity index (χ2v) is 7.92. The Morgan fingerprint density at radius 2 is 1.71 bits per heavy atom. The van der Waals surface area contributed by atoms with Gasteiger partial charge in [0.1, 0.15) is 0 Å². The first-order valence-corrected chi connectivity index (χ1v) is 10.5. The van der Waals surface area contributed by atoms with Crippen molar-refractivity contribution in [1.29, 1.82) is 0 Å². The molecule has 2 rings (SSSR count). The molecule has 1 aromatic carbocycles. The van der Waals surface area contributed by atoms with Crippen LogP contribution in [0.1, 0.15) is 44.4 Å². The zero-order valence-corrected chi connectivity index (χ0v) is 17.8. The van der Waals surface area contributed by atoms with Crippen LogP contribution in [0.3, 0.4) is 0 Å². The molecule has 0 saturated carbocycles. The third-order valence-corrected chi connectivity index (χ3v) is 5.39. The van der Waals surface area contributed by atoms with Crippen molar-refractivity contribution in [3.05, 3.63) is 35.4 Å². The monoisotopic (exact) mass is 388 g/mol. The second-order valence-electron chi connectivity index (χ2n) is 7.92. The molecule has 0 aromatic heterocycles. The molecule has 156 valence electrons. The van der Waals surface area contributed by atoms with Crippen LogP contribution >= 0.6 is 0 Å². The minimum absolute atomic E-state index is 0.0196. The van der Waals surface area contributed by atoms with E-state index in [1.165, 1.54) is 11.1 Å². The summed E-state index contributed by atoms with van der Waals surface area (Å²) in [4.78, 5) is 28.1. The highest BCUT2D eigenvalue weighted by Gasteiger charge is 2.23. The number of aryl methyl sites for hydroxylation is 1. The fraction of sp³-hybridized carbons (Fsp3) is 0.636. The van der Waals surface area contributed by atoms with Crippen molar-refractivity contribution in [2.75, 3.05) is 46.3 Å². The maximum Gasteiger partial charge on any atom is 0.236 e. The highest BCUT2D eigenvalue weighted by molar-refractivity contribution is 5.79. The van der Waals surface area contributed by atoms with Crippen LogP contribution in [0.5, 0.6) is 0 Å². The summed E-state index contributed by atoms with van der Waals surface area (Å²) in [7, 11) is 1.65. The van der Waals surface area contributed by atoms with Gasteiger partial charge in [0.25, 0.3) is 0 Å². The van der Waals surface area contributed by atoms with Gasteiger partial charge >= 0.3 is 0 Å². The van der Waals surface area contributed by atoms with Gasteiger partial charge in [-0.05, 0) is 23.5 Å². The molecule has 2 N–H and O–H groups in total. The molecule has 0 unspecified atom stereocenters. The van der Waals surface area contributed by atoms with E-state index >= 15 is 0 Å². The van der Waals surface area contributed by atoms with Crippen molar-refractivity contribution in [2.45, 2.75) is 39.7 Å². The molecule has 28 heavy (non-hydrogen) atoms. The van der Waals surface area contributed by atoms with Gasteiger partial charge in [-0.25, -0.2) is 0 Å². The van der Waals surface area contributed by atoms with E-state index in [0.29, 0.717) is 32.1 Å². The molecule has 0 spiro atoms. The molecule has 1 saturated heterocycles. The Morgan fingerprint density at radius 1 is 1.07 bits per heavy atom. The summed E-state index contributed by atoms with van der Waals surface area (Å²) in [6.07, 6.45) is 2.25. The van der Waals surface area contributed by atoms with Crippen LogP contribution in [-0.4, -0.2) is 67.9 Å². The fourth-order valence-corrected chi connectivity index (χ4v) is 3.67. The third-order valence-electron chi connectivity index (χ3n) is 5.39. The Bertz CT molecular complexity index is 622. The number of carbonyl (C=O) groups is 2. The minimum atomic E-state index is 0.0196. The average molecular weight is 389 g/mol. The molecule has 1 heterocycles. The van der Waals surface area contributed by atoms with Crippen LogP contribution in [0.4, 0.5) is 0 Å². The predicted molar refractivity (Wildman–Crippen MR) is 113 cm³/mol. The summed E-state index contributed by atoms with van der Waals surface area (Å²) >= 11 is 0. The fourth-order valence-electron chi connectivity index (χ4n) is 3.67. The standard InChI is InChI=1S/C22H36N4O2/c1-5-6-18-7-9-19(10-8-18)22(17(2)3)24-15-21(28)26-13-11-25(12-14-26)16-20(27)23-4/h7-10,17,22,24H,5-6,11-16H2,1-4H3,(H,23,27)/t22-/m0/s1. The van der Waals surface area contributed by atoms with Crippen LogP contribution in [0, 0.1) is 5.92 Å². The van der Waals surface area contributed by atoms with Gasteiger partial charge < -0.3 is 15.5 Å². The molecule has 1 aliphatic heterocycles. The zero-order chi connectivity index (χ0) is 20.5. The van der Waals surface area contributed by atoms with Crippen molar-refractivity contribution in [2.24, 2.45) is 5.92 Å². The Hall–Kier alpha value is -1.92. The van der Waals surface area contributed by atoms with Crippen molar-refractivity contribution >= 4 is 11.8 Å². The number of hydrogen-bond donors (Lipinski definition) is 2. The third kappa shape index (κ3) is 6.60. The number of hydrogen-bond acceptors (Lipinski definition) is 4. The van der Waals surface area contributed by atoms with Crippen LogP contribution in [0.2, 0.25) is 0 Å². The molecule has 1 aliphatic rings. The Kier molecular flexibility index (Phi) is 8.93. The number of benzene rings is 1. The molecule has 0 radical (unpaired) electrons. The van der Waals surface area contributed by atoms with Crippen LogP contribution in [0.25, 0.3) is 0 Å². The maximum absolute atomic E-state index is 12.6. The second kappa shape index (κ2) is 11.2. The topological polar surface area (TPSA) is 64.7 Å². The van der Waals surface area contributed by atoms with E-state index in [-0.39, 0.29) is 17.9 Å². The number of nitrogens with zero attached hydrogens (tertiary/aromatic N) is 2. The van der Waals surface area contributed by atoms with Crippen molar-refractivity contribution in [3.63, 3.8) is 0 Å². The Morgan fingerprint density at radius 3 is 2.25 bits per heavy atom. The van der Waals surface area contributed by atoms with Gasteiger partial charge in [-0.3, -0.25) is 14.5 Å². The zero-order valence-electron chi connectivity index (χ0n) is 17.8. The summed E-state index contributed by atoms with van der Waals surface area (Å²) in [6, 6.07) is 8.93. The number of likely N-dealkylation sites (N-methyl/N-ethyl adjacent to an activating group) is 1.